The molecular formula is C39H66N6O. The largest absolute Gasteiger partial charge is 0.495 e. The Bertz CT molecular complexity index is 1240. The predicted octanol–water partition coefficient (Wildman–Crippen LogP) is 8.29. The summed E-state index contributed by atoms with van der Waals surface area (Å²) in [5, 5.41) is 4.92. The summed E-state index contributed by atoms with van der Waals surface area (Å²) < 4.78 is 5.91. The maximum absolute atomic E-state index is 6.37. The van der Waals surface area contributed by atoms with Crippen molar-refractivity contribution in [3.05, 3.63) is 120 Å². The third-order valence-corrected chi connectivity index (χ3v) is 6.96. The lowest BCUT2D eigenvalue weighted by atomic mass is 9.85. The van der Waals surface area contributed by atoms with E-state index in [1.54, 1.807) is 30.5 Å². The molecule has 0 saturated heterocycles. The van der Waals surface area contributed by atoms with E-state index in [1.807, 2.05) is 65.1 Å². The van der Waals surface area contributed by atoms with Gasteiger partial charge in [-0.05, 0) is 82.6 Å². The van der Waals surface area contributed by atoms with Gasteiger partial charge in [0.25, 0.3) is 0 Å². The van der Waals surface area contributed by atoms with Gasteiger partial charge in [-0.25, -0.2) is 5.84 Å². The molecule has 0 bridgehead atoms. The highest BCUT2D eigenvalue weighted by molar-refractivity contribution is 5.69. The number of rotatable bonds is 15. The Labute approximate surface area is 283 Å². The number of allylic oxidation sites excluding steroid dienone is 7. The normalized spacial score (nSPS) is 12.9. The molecule has 0 aliphatic carbocycles. The van der Waals surface area contributed by atoms with Crippen molar-refractivity contribution in [2.24, 2.45) is 17.0 Å². The second-order valence-corrected chi connectivity index (χ2v) is 12.0. The highest BCUT2D eigenvalue weighted by atomic mass is 16.5. The average Bonchev–Trinajstić information content (AvgIpc) is 3.02. The van der Waals surface area contributed by atoms with E-state index in [4.69, 9.17) is 16.3 Å². The minimum Gasteiger partial charge on any atom is -0.495 e. The molecule has 0 unspecified atom stereocenters. The summed E-state index contributed by atoms with van der Waals surface area (Å²) in [6, 6.07) is 6.05. The smallest absolute Gasteiger partial charge is 0.139 e. The summed E-state index contributed by atoms with van der Waals surface area (Å²) >= 11 is 0. The number of hydrazine groups is 1. The van der Waals surface area contributed by atoms with Crippen molar-refractivity contribution in [1.82, 2.24) is 15.1 Å². The fourth-order valence-electron chi connectivity index (χ4n) is 3.94. The fraction of sp³-hybridized carbons (Fsp3) is 0.436. The Balaban J connectivity index is 0. The van der Waals surface area contributed by atoms with Crippen LogP contribution >= 0.6 is 0 Å². The van der Waals surface area contributed by atoms with Crippen LogP contribution < -0.4 is 21.9 Å². The number of benzene rings is 1. The first-order valence-corrected chi connectivity index (χ1v) is 16.0. The molecule has 258 valence electrons. The van der Waals surface area contributed by atoms with Crippen molar-refractivity contribution in [2.75, 3.05) is 52.9 Å². The molecule has 0 aliphatic rings. The second kappa shape index (κ2) is 23.5. The van der Waals surface area contributed by atoms with Crippen LogP contribution in [0.4, 0.5) is 5.69 Å². The standard InChI is InChI=1S/C33H54N6O.C4H6.C2H6/c1-13-24(3)30(34)23-39(35)31-20-27(16-15-25(31)4)26(5)36-21-32(40-12)28(19-29(14-2)33(6,7)8)22-38(11)18-17-37(9)10;1-3-4-2;1-2/h13-16,19-21,23,36H,5,17-18,22,34-35H2,1-4,6-12H3;3-4H,1-2H2;1-2H3/b24-13+,28-19-,29-14+,30-23-,32-21-;;. The van der Waals surface area contributed by atoms with E-state index in [-0.39, 0.29) is 5.41 Å². The number of likely N-dealkylation sites (N-methyl/N-ethyl adjacent to an activating group) is 2. The molecule has 7 nitrogen and oxygen atoms in total. The number of nitrogens with zero attached hydrogens (tertiary/aromatic N) is 3. The molecule has 0 spiro atoms. The zero-order chi connectivity index (χ0) is 36.0. The Hall–Kier alpha value is -3.78. The molecular weight excluding hydrogens is 568 g/mol. The molecule has 0 saturated carbocycles. The van der Waals surface area contributed by atoms with Gasteiger partial charge in [-0.1, -0.05) is 96.9 Å². The molecule has 0 amide bonds. The monoisotopic (exact) mass is 635 g/mol. The van der Waals surface area contributed by atoms with E-state index in [1.165, 1.54) is 5.57 Å². The number of methoxy groups -OCH3 is 1. The van der Waals surface area contributed by atoms with Crippen LogP contribution in [-0.2, 0) is 4.74 Å². The Morgan fingerprint density at radius 3 is 2.07 bits per heavy atom. The lowest BCUT2D eigenvalue weighted by molar-refractivity contribution is 0.270. The van der Waals surface area contributed by atoms with Crippen molar-refractivity contribution in [2.45, 2.75) is 62.3 Å². The predicted molar refractivity (Wildman–Crippen MR) is 206 cm³/mol. The van der Waals surface area contributed by atoms with Gasteiger partial charge in [0.1, 0.15) is 5.76 Å². The summed E-state index contributed by atoms with van der Waals surface area (Å²) in [5.41, 5.74) is 13.6. The minimum absolute atomic E-state index is 0.00772. The van der Waals surface area contributed by atoms with Crippen molar-refractivity contribution < 1.29 is 4.74 Å². The molecule has 1 rings (SSSR count). The van der Waals surface area contributed by atoms with Crippen LogP contribution in [0.25, 0.3) is 5.70 Å². The Morgan fingerprint density at radius 1 is 1.02 bits per heavy atom. The first-order chi connectivity index (χ1) is 21.5. The molecule has 0 fully saturated rings. The molecule has 0 heterocycles. The molecule has 0 aliphatic heterocycles. The van der Waals surface area contributed by atoms with Gasteiger partial charge in [0.05, 0.1) is 18.5 Å². The van der Waals surface area contributed by atoms with Crippen LogP contribution in [0.5, 0.6) is 0 Å². The summed E-state index contributed by atoms with van der Waals surface area (Å²) in [4.78, 5) is 4.50. The van der Waals surface area contributed by atoms with Gasteiger partial charge < -0.3 is 25.6 Å². The molecule has 0 atom stereocenters. The van der Waals surface area contributed by atoms with Gasteiger partial charge >= 0.3 is 0 Å². The van der Waals surface area contributed by atoms with E-state index in [9.17, 15) is 0 Å². The number of hydrogen-bond donors (Lipinski definition) is 3. The quantitative estimate of drug-likeness (QED) is 0.0775. The minimum atomic E-state index is 0.00772. The number of hydrogen-bond acceptors (Lipinski definition) is 7. The van der Waals surface area contributed by atoms with Crippen LogP contribution in [0.1, 0.15) is 66.5 Å². The van der Waals surface area contributed by atoms with Gasteiger partial charge in [-0.3, -0.25) is 5.01 Å². The van der Waals surface area contributed by atoms with Crippen molar-refractivity contribution >= 4 is 11.4 Å². The lowest BCUT2D eigenvalue weighted by Crippen LogP contribution is -2.30. The van der Waals surface area contributed by atoms with Gasteiger partial charge in [-0.15, -0.1) is 0 Å². The van der Waals surface area contributed by atoms with Crippen LogP contribution in [0.3, 0.4) is 0 Å². The molecule has 7 heteroatoms. The van der Waals surface area contributed by atoms with Gasteiger partial charge in [-0.2, -0.15) is 0 Å². The van der Waals surface area contributed by atoms with Gasteiger partial charge in [0.2, 0.25) is 0 Å². The van der Waals surface area contributed by atoms with Crippen molar-refractivity contribution in [3.8, 4) is 0 Å². The number of ether oxygens (including phenoxy) is 1. The maximum Gasteiger partial charge on any atom is 0.139 e. The lowest BCUT2D eigenvalue weighted by Gasteiger charge is -2.25. The first kappa shape index (κ1) is 44.3. The van der Waals surface area contributed by atoms with Crippen molar-refractivity contribution in [3.63, 3.8) is 0 Å². The Kier molecular flexibility index (Phi) is 22.7. The molecule has 1 aromatic rings. The number of nitrogens with one attached hydrogen (secondary N) is 1. The first-order valence-electron chi connectivity index (χ1n) is 16.0. The van der Waals surface area contributed by atoms with E-state index in [0.717, 1.165) is 59.1 Å². The summed E-state index contributed by atoms with van der Waals surface area (Å²) in [5.74, 6) is 7.13. The van der Waals surface area contributed by atoms with E-state index in [0.29, 0.717) is 5.70 Å². The maximum atomic E-state index is 6.37. The van der Waals surface area contributed by atoms with Crippen LogP contribution in [0.2, 0.25) is 0 Å². The average molecular weight is 635 g/mol. The molecule has 0 radical (unpaired) electrons. The van der Waals surface area contributed by atoms with Gasteiger partial charge in [0, 0.05) is 43.3 Å². The van der Waals surface area contributed by atoms with Crippen LogP contribution in [-0.4, -0.2) is 57.7 Å². The van der Waals surface area contributed by atoms with Gasteiger partial charge in [0.15, 0.2) is 0 Å². The highest BCUT2D eigenvalue weighted by Gasteiger charge is 2.18. The third-order valence-electron chi connectivity index (χ3n) is 6.96. The molecule has 5 N–H and O–H groups in total. The topological polar surface area (TPSA) is 83.0 Å². The van der Waals surface area contributed by atoms with Crippen LogP contribution in [0, 0.1) is 12.3 Å². The number of nitrogens with two attached hydrogens (primary N) is 2. The summed E-state index contributed by atoms with van der Waals surface area (Å²) in [6.07, 6.45) is 13.3. The van der Waals surface area contributed by atoms with E-state index in [2.05, 4.69) is 95.8 Å². The van der Waals surface area contributed by atoms with Crippen molar-refractivity contribution in [1.29, 1.82) is 0 Å². The van der Waals surface area contributed by atoms with E-state index >= 15 is 0 Å². The highest BCUT2D eigenvalue weighted by Crippen LogP contribution is 2.29. The molecule has 0 aromatic heterocycles. The number of aryl methyl sites for hydroxylation is 1. The third kappa shape index (κ3) is 17.1. The summed E-state index contributed by atoms with van der Waals surface area (Å²) in [6.45, 7) is 32.3. The molecule has 46 heavy (non-hydrogen) atoms. The zero-order valence-corrected chi connectivity index (χ0v) is 31.4. The summed E-state index contributed by atoms with van der Waals surface area (Å²) in [7, 11) is 8.02. The second-order valence-electron chi connectivity index (χ2n) is 12.0. The van der Waals surface area contributed by atoms with E-state index < -0.39 is 0 Å². The zero-order valence-electron chi connectivity index (χ0n) is 31.4. The SMILES string of the molecule is C=C(N/C=C(OC)/C(=C\C(=C/C)C(C)(C)C)CN(C)CCN(C)C)c1ccc(C)c(N(N)/C=C(N)/C(C)=C/C)c1.C=CC=C.CC. The van der Waals surface area contributed by atoms with Crippen LogP contribution in [0.15, 0.2) is 109 Å². The fourth-order valence-corrected chi connectivity index (χ4v) is 3.94. The number of anilines is 1. The molecule has 1 aromatic carbocycles. The Morgan fingerprint density at radius 2 is 1.61 bits per heavy atom.